The van der Waals surface area contributed by atoms with Crippen molar-refractivity contribution < 1.29 is 19.5 Å². The standard InChI is InChI=1S/C23H25Cl2N7O4/c24-16-6-5-7-17(25)21(16)22(34)29-18(23(35)36)14-32-13-15(30-31-32)12-28-20(33)9-2-4-11-27-19-8-1-3-10-26-19/h1,3,5-8,10,13,18H,2,4,9,11-12,14H2,(H,26,27)(H,28,33)(H,29,34)(H,35,36)/t18-/m0/s1. The van der Waals surface area contributed by atoms with E-state index in [2.05, 4.69) is 31.2 Å². The zero-order valence-corrected chi connectivity index (χ0v) is 20.7. The number of benzene rings is 1. The van der Waals surface area contributed by atoms with Crippen molar-refractivity contribution in [2.45, 2.75) is 38.4 Å². The zero-order valence-electron chi connectivity index (χ0n) is 19.2. The molecule has 1 aromatic carbocycles. The average molecular weight is 534 g/mol. The van der Waals surface area contributed by atoms with Crippen LogP contribution in [0.1, 0.15) is 35.3 Å². The number of rotatable bonds is 13. The second kappa shape index (κ2) is 13.4. The molecule has 3 rings (SSSR count). The van der Waals surface area contributed by atoms with Gasteiger partial charge in [0, 0.05) is 19.2 Å². The number of nitrogens with one attached hydrogen (secondary N) is 3. The lowest BCUT2D eigenvalue weighted by Gasteiger charge is -2.15. The van der Waals surface area contributed by atoms with Crippen LogP contribution in [0, 0.1) is 0 Å². The van der Waals surface area contributed by atoms with E-state index in [1.165, 1.54) is 23.0 Å². The van der Waals surface area contributed by atoms with Gasteiger partial charge in [0.25, 0.3) is 5.91 Å². The smallest absolute Gasteiger partial charge is 0.328 e. The summed E-state index contributed by atoms with van der Waals surface area (Å²) in [6, 6.07) is 8.84. The first-order valence-corrected chi connectivity index (χ1v) is 11.9. The summed E-state index contributed by atoms with van der Waals surface area (Å²) in [6.07, 6.45) is 5.08. The summed E-state index contributed by atoms with van der Waals surface area (Å²) in [5.41, 5.74) is 0.436. The highest BCUT2D eigenvalue weighted by Gasteiger charge is 2.24. The molecule has 0 bridgehead atoms. The van der Waals surface area contributed by atoms with Crippen LogP contribution in [0.5, 0.6) is 0 Å². The van der Waals surface area contributed by atoms with Gasteiger partial charge in [-0.3, -0.25) is 9.59 Å². The Bertz CT molecular complexity index is 1170. The molecule has 1 atom stereocenters. The summed E-state index contributed by atoms with van der Waals surface area (Å²) in [5.74, 6) is -1.33. The molecule has 2 aromatic heterocycles. The molecule has 0 fully saturated rings. The van der Waals surface area contributed by atoms with E-state index in [1.54, 1.807) is 12.3 Å². The van der Waals surface area contributed by atoms with Gasteiger partial charge in [-0.1, -0.05) is 40.5 Å². The number of carboxylic acids is 1. The molecule has 3 aromatic rings. The van der Waals surface area contributed by atoms with Crippen LogP contribution >= 0.6 is 23.2 Å². The zero-order chi connectivity index (χ0) is 25.9. The van der Waals surface area contributed by atoms with Gasteiger partial charge in [0.05, 0.1) is 34.9 Å². The SMILES string of the molecule is O=C(CCCCNc1ccccn1)NCc1cn(C[C@H](NC(=O)c2c(Cl)cccc2Cl)C(=O)O)nn1. The second-order valence-electron chi connectivity index (χ2n) is 7.77. The average Bonchev–Trinajstić information content (AvgIpc) is 3.30. The van der Waals surface area contributed by atoms with Gasteiger partial charge in [-0.05, 0) is 37.1 Å². The number of carboxylic acid groups (broad SMARTS) is 1. The molecule has 0 radical (unpaired) electrons. The van der Waals surface area contributed by atoms with Gasteiger partial charge >= 0.3 is 5.97 Å². The summed E-state index contributed by atoms with van der Waals surface area (Å²) < 4.78 is 1.28. The number of pyridine rings is 1. The minimum atomic E-state index is -1.31. The molecular weight excluding hydrogens is 509 g/mol. The summed E-state index contributed by atoms with van der Waals surface area (Å²) in [6.45, 7) is 0.667. The molecule has 2 amide bonds. The Kier molecular flexibility index (Phi) is 10.0. The molecule has 13 heteroatoms. The van der Waals surface area contributed by atoms with E-state index in [0.717, 1.165) is 12.2 Å². The maximum absolute atomic E-state index is 12.5. The third-order valence-corrected chi connectivity index (χ3v) is 5.65. The van der Waals surface area contributed by atoms with Crippen LogP contribution in [-0.2, 0) is 22.7 Å². The maximum atomic E-state index is 12.5. The Morgan fingerprint density at radius 1 is 1.06 bits per heavy atom. The van der Waals surface area contributed by atoms with Crippen LogP contribution < -0.4 is 16.0 Å². The van der Waals surface area contributed by atoms with Crippen LogP contribution in [0.4, 0.5) is 5.82 Å². The molecule has 4 N–H and O–H groups in total. The van der Waals surface area contributed by atoms with Crippen LogP contribution in [0.15, 0.2) is 48.8 Å². The molecule has 11 nitrogen and oxygen atoms in total. The van der Waals surface area contributed by atoms with Gasteiger partial charge in [0.2, 0.25) is 5.91 Å². The van der Waals surface area contributed by atoms with Crippen LogP contribution in [0.2, 0.25) is 10.0 Å². The Labute approximate surface area is 217 Å². The van der Waals surface area contributed by atoms with Crippen molar-refractivity contribution >= 4 is 46.8 Å². The van der Waals surface area contributed by atoms with E-state index < -0.39 is 17.9 Å². The monoisotopic (exact) mass is 533 g/mol. The fourth-order valence-electron chi connectivity index (χ4n) is 3.20. The lowest BCUT2D eigenvalue weighted by molar-refractivity contribution is -0.139. The molecule has 0 unspecified atom stereocenters. The third kappa shape index (κ3) is 8.21. The van der Waals surface area contributed by atoms with E-state index in [-0.39, 0.29) is 34.6 Å². The van der Waals surface area contributed by atoms with Gasteiger partial charge in [0.15, 0.2) is 0 Å². The van der Waals surface area contributed by atoms with E-state index in [4.69, 9.17) is 23.2 Å². The predicted octanol–water partition coefficient (Wildman–Crippen LogP) is 2.76. The molecule has 2 heterocycles. The highest BCUT2D eigenvalue weighted by Crippen LogP contribution is 2.24. The Morgan fingerprint density at radius 3 is 2.53 bits per heavy atom. The number of carbonyl (C=O) groups excluding carboxylic acids is 2. The van der Waals surface area contributed by atoms with E-state index in [9.17, 15) is 19.5 Å². The highest BCUT2D eigenvalue weighted by atomic mass is 35.5. The highest BCUT2D eigenvalue weighted by molar-refractivity contribution is 6.39. The quantitative estimate of drug-likeness (QED) is 0.245. The summed E-state index contributed by atoms with van der Waals surface area (Å²) >= 11 is 12.0. The van der Waals surface area contributed by atoms with Crippen molar-refractivity contribution in [1.29, 1.82) is 0 Å². The largest absolute Gasteiger partial charge is 0.480 e. The number of aromatic nitrogens is 4. The minimum absolute atomic E-state index is 0.0124. The molecule has 190 valence electrons. The fourth-order valence-corrected chi connectivity index (χ4v) is 3.77. The first-order valence-electron chi connectivity index (χ1n) is 11.1. The van der Waals surface area contributed by atoms with Crippen LogP contribution in [-0.4, -0.2) is 55.5 Å². The molecule has 0 aliphatic rings. The number of hydrogen-bond acceptors (Lipinski definition) is 7. The lowest BCUT2D eigenvalue weighted by atomic mass is 10.2. The number of carbonyl (C=O) groups is 3. The third-order valence-electron chi connectivity index (χ3n) is 5.02. The van der Waals surface area contributed by atoms with E-state index >= 15 is 0 Å². The van der Waals surface area contributed by atoms with Gasteiger partial charge in [-0.2, -0.15) is 0 Å². The van der Waals surface area contributed by atoms with E-state index in [1.807, 2.05) is 18.2 Å². The molecule has 0 aliphatic heterocycles. The topological polar surface area (TPSA) is 151 Å². The Balaban J connectivity index is 1.42. The van der Waals surface area contributed by atoms with E-state index in [0.29, 0.717) is 25.1 Å². The summed E-state index contributed by atoms with van der Waals surface area (Å²) in [4.78, 5) is 40.5. The summed E-state index contributed by atoms with van der Waals surface area (Å²) in [7, 11) is 0. The van der Waals surface area contributed by atoms with Gasteiger partial charge < -0.3 is 21.1 Å². The molecule has 0 spiro atoms. The van der Waals surface area contributed by atoms with Crippen molar-refractivity contribution in [3.63, 3.8) is 0 Å². The Morgan fingerprint density at radius 2 is 1.83 bits per heavy atom. The van der Waals surface area contributed by atoms with Crippen molar-refractivity contribution in [2.24, 2.45) is 0 Å². The van der Waals surface area contributed by atoms with Crippen molar-refractivity contribution in [1.82, 2.24) is 30.6 Å². The first kappa shape index (κ1) is 26.9. The van der Waals surface area contributed by atoms with Crippen LogP contribution in [0.3, 0.4) is 0 Å². The van der Waals surface area contributed by atoms with Gasteiger partial charge in [0.1, 0.15) is 17.6 Å². The molecular formula is C23H25Cl2N7O4. The number of aliphatic carboxylic acids is 1. The molecule has 0 saturated heterocycles. The summed E-state index contributed by atoms with van der Waals surface area (Å²) in [5, 5.41) is 25.9. The predicted molar refractivity (Wildman–Crippen MR) is 134 cm³/mol. The van der Waals surface area contributed by atoms with Gasteiger partial charge in [-0.15, -0.1) is 5.10 Å². The van der Waals surface area contributed by atoms with Gasteiger partial charge in [-0.25, -0.2) is 14.5 Å². The van der Waals surface area contributed by atoms with Crippen LogP contribution in [0.25, 0.3) is 0 Å². The number of unbranched alkanes of at least 4 members (excludes halogenated alkanes) is 1. The number of amides is 2. The number of anilines is 1. The van der Waals surface area contributed by atoms with Crippen molar-refractivity contribution in [2.75, 3.05) is 11.9 Å². The minimum Gasteiger partial charge on any atom is -0.480 e. The normalized spacial score (nSPS) is 11.5. The molecule has 0 saturated carbocycles. The maximum Gasteiger partial charge on any atom is 0.328 e. The van der Waals surface area contributed by atoms with Crippen molar-refractivity contribution in [3.8, 4) is 0 Å². The fraction of sp³-hybridized carbons (Fsp3) is 0.304. The second-order valence-corrected chi connectivity index (χ2v) is 8.58. The van der Waals surface area contributed by atoms with Crippen molar-refractivity contribution in [3.05, 3.63) is 70.1 Å². The molecule has 0 aliphatic carbocycles. The lowest BCUT2D eigenvalue weighted by Crippen LogP contribution is -2.44. The number of nitrogens with zero attached hydrogens (tertiary/aromatic N) is 4. The number of hydrogen-bond donors (Lipinski definition) is 4. The first-order chi connectivity index (χ1) is 17.3. The number of halogens is 2. The molecule has 36 heavy (non-hydrogen) atoms. The Hall–Kier alpha value is -3.70.